The normalized spacial score (nSPS) is 20.2. The van der Waals surface area contributed by atoms with Crippen LogP contribution in [-0.4, -0.2) is 75.5 Å². The van der Waals surface area contributed by atoms with Crippen LogP contribution in [0.1, 0.15) is 31.6 Å². The molecule has 3 heterocycles. The molecule has 2 fully saturated rings. The van der Waals surface area contributed by atoms with Crippen molar-refractivity contribution >= 4 is 23.4 Å². The second-order valence-electron chi connectivity index (χ2n) is 7.78. The van der Waals surface area contributed by atoms with Gasteiger partial charge in [0.05, 0.1) is 18.3 Å². The van der Waals surface area contributed by atoms with Gasteiger partial charge in [-0.1, -0.05) is 30.8 Å². The van der Waals surface area contributed by atoms with Crippen LogP contribution in [-0.2, 0) is 11.8 Å². The first-order valence-electron chi connectivity index (χ1n) is 10.6. The number of likely N-dealkylation sites (tertiary alicyclic amines) is 1. The molecule has 162 valence electrons. The predicted molar refractivity (Wildman–Crippen MR) is 116 cm³/mol. The molecular weight excluding hydrogens is 403 g/mol. The second kappa shape index (κ2) is 9.34. The molecule has 0 spiro atoms. The summed E-state index contributed by atoms with van der Waals surface area (Å²) in [5, 5.41) is 9.66. The van der Waals surface area contributed by atoms with Gasteiger partial charge in [-0.25, -0.2) is 4.39 Å². The Balaban J connectivity index is 1.35. The molecule has 0 bridgehead atoms. The van der Waals surface area contributed by atoms with Gasteiger partial charge >= 0.3 is 0 Å². The van der Waals surface area contributed by atoms with Crippen molar-refractivity contribution in [3.63, 3.8) is 0 Å². The van der Waals surface area contributed by atoms with Gasteiger partial charge in [-0.2, -0.15) is 0 Å². The number of thioether (sulfide) groups is 1. The second-order valence-corrected chi connectivity index (χ2v) is 9.01. The smallest absolute Gasteiger partial charge is 0.236 e. The number of halogens is 1. The first kappa shape index (κ1) is 21.1. The van der Waals surface area contributed by atoms with E-state index in [1.807, 2.05) is 22.9 Å². The van der Waals surface area contributed by atoms with Gasteiger partial charge in [-0.05, 0) is 37.3 Å². The number of anilines is 1. The summed E-state index contributed by atoms with van der Waals surface area (Å²) in [7, 11) is 2.01. The van der Waals surface area contributed by atoms with Gasteiger partial charge in [0.25, 0.3) is 0 Å². The Hall–Kier alpha value is -2.13. The number of hydrogen-bond donors (Lipinski definition) is 0. The predicted octanol–water partition coefficient (Wildman–Crippen LogP) is 2.55. The van der Waals surface area contributed by atoms with E-state index in [-0.39, 0.29) is 17.8 Å². The van der Waals surface area contributed by atoms with E-state index in [0.717, 1.165) is 36.1 Å². The van der Waals surface area contributed by atoms with Crippen LogP contribution in [0.25, 0.3) is 0 Å². The molecule has 1 atom stereocenters. The standard InChI is InChI=1S/C21H29FN6OS/c1-3-30-21-24-23-20(25(21)2)18-9-6-10-28(18)15-19(29)27-13-11-26(12-14-27)17-8-5-4-7-16(17)22/h4-5,7-8,18H,3,6,9-15H2,1-2H3/t18-/m1/s1. The molecule has 2 aromatic rings. The minimum Gasteiger partial charge on any atom is -0.366 e. The van der Waals surface area contributed by atoms with Crippen molar-refractivity contribution in [2.45, 2.75) is 31.0 Å². The van der Waals surface area contributed by atoms with Crippen molar-refractivity contribution in [2.24, 2.45) is 7.05 Å². The number of rotatable bonds is 6. The van der Waals surface area contributed by atoms with Crippen LogP contribution in [0.5, 0.6) is 0 Å². The van der Waals surface area contributed by atoms with Gasteiger partial charge in [0.15, 0.2) is 11.0 Å². The maximum absolute atomic E-state index is 14.0. The van der Waals surface area contributed by atoms with Gasteiger partial charge < -0.3 is 14.4 Å². The quantitative estimate of drug-likeness (QED) is 0.654. The topological polar surface area (TPSA) is 57.5 Å². The highest BCUT2D eigenvalue weighted by atomic mass is 32.2. The molecule has 2 saturated heterocycles. The fourth-order valence-corrected chi connectivity index (χ4v) is 5.00. The molecule has 30 heavy (non-hydrogen) atoms. The van der Waals surface area contributed by atoms with Crippen LogP contribution in [0.4, 0.5) is 10.1 Å². The molecule has 1 aromatic heterocycles. The number of carbonyl (C=O) groups excluding carboxylic acids is 1. The van der Waals surface area contributed by atoms with Gasteiger partial charge in [-0.15, -0.1) is 10.2 Å². The van der Waals surface area contributed by atoms with E-state index in [1.165, 1.54) is 6.07 Å². The number of carbonyl (C=O) groups is 1. The summed E-state index contributed by atoms with van der Waals surface area (Å²) in [5.41, 5.74) is 0.618. The number of piperazine rings is 1. The highest BCUT2D eigenvalue weighted by Crippen LogP contribution is 2.32. The number of hydrogen-bond acceptors (Lipinski definition) is 6. The Morgan fingerprint density at radius 2 is 1.93 bits per heavy atom. The molecule has 0 aliphatic carbocycles. The Bertz CT molecular complexity index is 882. The minimum absolute atomic E-state index is 0.136. The highest BCUT2D eigenvalue weighted by Gasteiger charge is 2.33. The lowest BCUT2D eigenvalue weighted by molar-refractivity contribution is -0.133. The molecule has 0 unspecified atom stereocenters. The molecule has 2 aliphatic heterocycles. The van der Waals surface area contributed by atoms with E-state index < -0.39 is 0 Å². The van der Waals surface area contributed by atoms with Crippen LogP contribution >= 0.6 is 11.8 Å². The van der Waals surface area contributed by atoms with E-state index in [4.69, 9.17) is 0 Å². The van der Waals surface area contributed by atoms with E-state index in [0.29, 0.717) is 38.4 Å². The summed E-state index contributed by atoms with van der Waals surface area (Å²) in [5.74, 6) is 1.83. The summed E-state index contributed by atoms with van der Waals surface area (Å²) in [6.07, 6.45) is 2.05. The van der Waals surface area contributed by atoms with Crippen molar-refractivity contribution in [3.05, 3.63) is 35.9 Å². The molecule has 1 amide bonds. The molecule has 1 aromatic carbocycles. The molecule has 0 saturated carbocycles. The molecule has 0 radical (unpaired) electrons. The first-order chi connectivity index (χ1) is 14.6. The molecule has 9 heteroatoms. The number of nitrogens with zero attached hydrogens (tertiary/aromatic N) is 6. The number of amides is 1. The largest absolute Gasteiger partial charge is 0.366 e. The van der Waals surface area contributed by atoms with Crippen LogP contribution < -0.4 is 4.90 Å². The van der Waals surface area contributed by atoms with Crippen LogP contribution in [0, 0.1) is 5.82 Å². The van der Waals surface area contributed by atoms with E-state index in [2.05, 4.69) is 26.6 Å². The van der Waals surface area contributed by atoms with Crippen molar-refractivity contribution < 1.29 is 9.18 Å². The third-order valence-electron chi connectivity index (χ3n) is 5.97. The summed E-state index contributed by atoms with van der Waals surface area (Å²) in [6, 6.07) is 6.97. The van der Waals surface area contributed by atoms with Crippen molar-refractivity contribution in [2.75, 3.05) is 49.9 Å². The minimum atomic E-state index is -0.207. The summed E-state index contributed by atoms with van der Waals surface area (Å²) >= 11 is 1.68. The summed E-state index contributed by atoms with van der Waals surface area (Å²) < 4.78 is 16.1. The van der Waals surface area contributed by atoms with Crippen molar-refractivity contribution in [3.8, 4) is 0 Å². The summed E-state index contributed by atoms with van der Waals surface area (Å²) in [4.78, 5) is 19.1. The molecule has 0 N–H and O–H groups in total. The zero-order chi connectivity index (χ0) is 21.1. The SMILES string of the molecule is CCSc1nnc([C@H]2CCCN2CC(=O)N2CCN(c3ccccc3F)CC2)n1C. The Morgan fingerprint density at radius 3 is 2.67 bits per heavy atom. The lowest BCUT2D eigenvalue weighted by atomic mass is 10.2. The molecular formula is C21H29FN6OS. The average molecular weight is 433 g/mol. The fraction of sp³-hybridized carbons (Fsp3) is 0.571. The Kier molecular flexibility index (Phi) is 6.58. The zero-order valence-corrected chi connectivity index (χ0v) is 18.4. The maximum Gasteiger partial charge on any atom is 0.236 e. The Labute approximate surface area is 181 Å². The van der Waals surface area contributed by atoms with Crippen LogP contribution in [0.2, 0.25) is 0 Å². The third-order valence-corrected chi connectivity index (χ3v) is 6.87. The van der Waals surface area contributed by atoms with E-state index >= 15 is 0 Å². The van der Waals surface area contributed by atoms with Gasteiger partial charge in [-0.3, -0.25) is 9.69 Å². The van der Waals surface area contributed by atoms with Crippen molar-refractivity contribution in [1.29, 1.82) is 0 Å². The monoisotopic (exact) mass is 432 g/mol. The van der Waals surface area contributed by atoms with Crippen molar-refractivity contribution in [1.82, 2.24) is 24.6 Å². The van der Waals surface area contributed by atoms with Gasteiger partial charge in [0, 0.05) is 33.2 Å². The van der Waals surface area contributed by atoms with E-state index in [9.17, 15) is 9.18 Å². The van der Waals surface area contributed by atoms with Crippen LogP contribution in [0.3, 0.4) is 0 Å². The lowest BCUT2D eigenvalue weighted by Gasteiger charge is -2.37. The maximum atomic E-state index is 14.0. The first-order valence-corrected chi connectivity index (χ1v) is 11.6. The van der Waals surface area contributed by atoms with Gasteiger partial charge in [0.2, 0.25) is 5.91 Å². The van der Waals surface area contributed by atoms with E-state index in [1.54, 1.807) is 23.9 Å². The third kappa shape index (κ3) is 4.32. The lowest BCUT2D eigenvalue weighted by Crippen LogP contribution is -2.51. The number of para-hydroxylation sites is 1. The Morgan fingerprint density at radius 1 is 1.17 bits per heavy atom. The molecule has 2 aliphatic rings. The number of benzene rings is 1. The van der Waals surface area contributed by atoms with Gasteiger partial charge in [0.1, 0.15) is 5.82 Å². The highest BCUT2D eigenvalue weighted by molar-refractivity contribution is 7.99. The average Bonchev–Trinajstić information content (AvgIpc) is 3.35. The number of aromatic nitrogens is 3. The van der Waals surface area contributed by atoms with Crippen LogP contribution in [0.15, 0.2) is 29.4 Å². The molecule has 4 rings (SSSR count). The summed E-state index contributed by atoms with van der Waals surface area (Å²) in [6.45, 7) is 5.93. The fourth-order valence-electron chi connectivity index (χ4n) is 4.36. The zero-order valence-electron chi connectivity index (χ0n) is 17.6. The molecule has 7 nitrogen and oxygen atoms in total.